The summed E-state index contributed by atoms with van der Waals surface area (Å²) in [5, 5.41) is 9.13. The number of thiazole rings is 1. The zero-order chi connectivity index (χ0) is 18.8. The van der Waals surface area contributed by atoms with E-state index in [0.717, 1.165) is 33.5 Å². The van der Waals surface area contributed by atoms with Crippen LogP contribution in [0.4, 0.5) is 5.13 Å². The van der Waals surface area contributed by atoms with E-state index in [0.29, 0.717) is 0 Å². The first kappa shape index (κ1) is 17.8. The zero-order valence-electron chi connectivity index (χ0n) is 15.1. The van der Waals surface area contributed by atoms with Gasteiger partial charge in [-0.25, -0.2) is 4.98 Å². The Balaban J connectivity index is 1.56. The molecule has 0 aliphatic heterocycles. The van der Waals surface area contributed by atoms with Gasteiger partial charge in [0.15, 0.2) is 0 Å². The topological polar surface area (TPSA) is 42.2 Å². The Labute approximate surface area is 167 Å². The van der Waals surface area contributed by atoms with Crippen molar-refractivity contribution in [1.29, 1.82) is 0 Å². The monoisotopic (exact) mass is 394 g/mol. The molecule has 0 atom stereocenters. The number of halogens is 1. The van der Waals surface area contributed by atoms with E-state index in [9.17, 15) is 0 Å². The first-order valence-corrected chi connectivity index (χ1v) is 10.0. The molecule has 0 saturated carbocycles. The largest absolute Gasteiger partial charge is 0.344 e. The van der Waals surface area contributed by atoms with Crippen LogP contribution < -0.4 is 5.43 Å². The molecule has 2 heterocycles. The van der Waals surface area contributed by atoms with E-state index in [2.05, 4.69) is 58.2 Å². The van der Waals surface area contributed by atoms with Gasteiger partial charge in [0.2, 0.25) is 5.13 Å². The molecule has 0 spiro atoms. The van der Waals surface area contributed by atoms with Crippen LogP contribution in [0.25, 0.3) is 22.2 Å². The van der Waals surface area contributed by atoms with Gasteiger partial charge in [-0.15, -0.1) is 11.3 Å². The van der Waals surface area contributed by atoms with Crippen molar-refractivity contribution < 1.29 is 0 Å². The Bertz CT molecular complexity index is 1110. The predicted molar refractivity (Wildman–Crippen MR) is 116 cm³/mol. The quantitative estimate of drug-likeness (QED) is 0.324. The summed E-state index contributed by atoms with van der Waals surface area (Å²) in [6, 6.07) is 16.1. The number of nitrogens with zero attached hydrogens (tertiary/aromatic N) is 3. The molecular weight excluding hydrogens is 376 g/mol. The van der Waals surface area contributed by atoms with Gasteiger partial charge in [-0.3, -0.25) is 5.43 Å². The third-order valence-electron chi connectivity index (χ3n) is 4.59. The lowest BCUT2D eigenvalue weighted by atomic mass is 10.1. The van der Waals surface area contributed by atoms with Crippen LogP contribution >= 0.6 is 22.9 Å². The molecule has 0 saturated heterocycles. The van der Waals surface area contributed by atoms with Gasteiger partial charge >= 0.3 is 0 Å². The lowest BCUT2D eigenvalue weighted by molar-refractivity contribution is 0.769. The minimum atomic E-state index is 0.721. The molecular formula is C21H19ClN4S. The fraction of sp³-hybridized carbons (Fsp3) is 0.143. The van der Waals surface area contributed by atoms with Crippen LogP contribution in [0.2, 0.25) is 5.02 Å². The molecule has 4 nitrogen and oxygen atoms in total. The minimum absolute atomic E-state index is 0.721. The highest BCUT2D eigenvalue weighted by Crippen LogP contribution is 2.27. The number of nitrogens with one attached hydrogen (secondary N) is 1. The van der Waals surface area contributed by atoms with E-state index in [1.807, 2.05) is 35.9 Å². The van der Waals surface area contributed by atoms with E-state index >= 15 is 0 Å². The van der Waals surface area contributed by atoms with Crippen LogP contribution in [0.15, 0.2) is 59.0 Å². The molecule has 4 rings (SSSR count). The summed E-state index contributed by atoms with van der Waals surface area (Å²) in [7, 11) is 0. The van der Waals surface area contributed by atoms with Crippen LogP contribution in [0, 0.1) is 6.92 Å². The molecule has 27 heavy (non-hydrogen) atoms. The van der Waals surface area contributed by atoms with Gasteiger partial charge in [0, 0.05) is 44.7 Å². The van der Waals surface area contributed by atoms with Crippen LogP contribution in [0.3, 0.4) is 0 Å². The van der Waals surface area contributed by atoms with E-state index in [1.165, 1.54) is 27.9 Å². The maximum atomic E-state index is 5.95. The van der Waals surface area contributed by atoms with Crippen molar-refractivity contribution in [2.75, 3.05) is 5.43 Å². The van der Waals surface area contributed by atoms with Crippen molar-refractivity contribution >= 4 is 45.2 Å². The Hall–Kier alpha value is -2.63. The molecule has 0 fully saturated rings. The summed E-state index contributed by atoms with van der Waals surface area (Å²) in [6.45, 7) is 5.23. The maximum absolute atomic E-state index is 5.95. The lowest BCUT2D eigenvalue weighted by Gasteiger charge is -2.03. The van der Waals surface area contributed by atoms with E-state index in [4.69, 9.17) is 11.6 Å². The Kier molecular flexibility index (Phi) is 4.97. The van der Waals surface area contributed by atoms with E-state index in [-0.39, 0.29) is 0 Å². The number of rotatable bonds is 5. The molecule has 0 unspecified atom stereocenters. The molecule has 1 N–H and O–H groups in total. The second-order valence-corrected chi connectivity index (χ2v) is 7.47. The molecule has 2 aromatic heterocycles. The summed E-state index contributed by atoms with van der Waals surface area (Å²) in [6.07, 6.45) is 1.88. The number of benzene rings is 2. The second kappa shape index (κ2) is 7.55. The third kappa shape index (κ3) is 3.48. The van der Waals surface area contributed by atoms with E-state index < -0.39 is 0 Å². The van der Waals surface area contributed by atoms with Gasteiger partial charge in [-0.1, -0.05) is 41.9 Å². The zero-order valence-corrected chi connectivity index (χ0v) is 16.7. The first-order valence-electron chi connectivity index (χ1n) is 8.75. The number of anilines is 1. The predicted octanol–water partition coefficient (Wildman–Crippen LogP) is 6.19. The fourth-order valence-electron chi connectivity index (χ4n) is 3.26. The van der Waals surface area contributed by atoms with Crippen molar-refractivity contribution in [2.45, 2.75) is 20.4 Å². The fourth-order valence-corrected chi connectivity index (χ4v) is 4.05. The molecule has 4 aromatic rings. The van der Waals surface area contributed by atoms with Crippen LogP contribution in [-0.4, -0.2) is 15.8 Å². The number of hydrogen-bond acceptors (Lipinski definition) is 4. The Morgan fingerprint density at radius 3 is 2.74 bits per heavy atom. The highest BCUT2D eigenvalue weighted by atomic mass is 35.5. The van der Waals surface area contributed by atoms with Gasteiger partial charge in [-0.05, 0) is 32.0 Å². The van der Waals surface area contributed by atoms with Gasteiger partial charge < -0.3 is 4.57 Å². The number of para-hydroxylation sites is 1. The highest BCUT2D eigenvalue weighted by Gasteiger charge is 2.11. The summed E-state index contributed by atoms with van der Waals surface area (Å²) in [5.41, 5.74) is 8.58. The molecule has 0 aliphatic rings. The molecule has 0 bridgehead atoms. The second-order valence-electron chi connectivity index (χ2n) is 6.18. The molecule has 0 amide bonds. The summed E-state index contributed by atoms with van der Waals surface area (Å²) in [5.74, 6) is 0. The molecule has 0 aliphatic carbocycles. The Morgan fingerprint density at radius 2 is 1.96 bits per heavy atom. The molecule has 6 heteroatoms. The van der Waals surface area contributed by atoms with Crippen molar-refractivity contribution in [1.82, 2.24) is 9.55 Å². The van der Waals surface area contributed by atoms with Crippen molar-refractivity contribution in [3.63, 3.8) is 0 Å². The van der Waals surface area contributed by atoms with Crippen molar-refractivity contribution in [3.05, 3.63) is 70.2 Å². The van der Waals surface area contributed by atoms with Gasteiger partial charge in [0.05, 0.1) is 11.9 Å². The number of fused-ring (bicyclic) bond motifs is 1. The average molecular weight is 395 g/mol. The number of hydrazone groups is 1. The minimum Gasteiger partial charge on any atom is -0.344 e. The Morgan fingerprint density at radius 1 is 1.19 bits per heavy atom. The average Bonchev–Trinajstić information content (AvgIpc) is 3.25. The van der Waals surface area contributed by atoms with Gasteiger partial charge in [0.1, 0.15) is 0 Å². The van der Waals surface area contributed by atoms with E-state index in [1.54, 1.807) is 0 Å². The number of hydrogen-bond donors (Lipinski definition) is 1. The highest BCUT2D eigenvalue weighted by molar-refractivity contribution is 7.14. The summed E-state index contributed by atoms with van der Waals surface area (Å²) < 4.78 is 2.30. The van der Waals surface area contributed by atoms with Gasteiger partial charge in [-0.2, -0.15) is 5.10 Å². The van der Waals surface area contributed by atoms with Crippen LogP contribution in [0.5, 0.6) is 0 Å². The normalized spacial score (nSPS) is 11.5. The SMILES string of the molecule is CCn1c(C)c(/C=N\Nc2nc(-c3ccc(Cl)cc3)cs2)c2ccccc21. The summed E-state index contributed by atoms with van der Waals surface area (Å²) in [4.78, 5) is 4.59. The summed E-state index contributed by atoms with van der Waals surface area (Å²) >= 11 is 7.47. The van der Waals surface area contributed by atoms with Crippen molar-refractivity contribution in [2.24, 2.45) is 5.10 Å². The smallest absolute Gasteiger partial charge is 0.203 e. The number of aryl methyl sites for hydroxylation is 1. The maximum Gasteiger partial charge on any atom is 0.203 e. The van der Waals surface area contributed by atoms with Gasteiger partial charge in [0.25, 0.3) is 0 Å². The van der Waals surface area contributed by atoms with Crippen LogP contribution in [0.1, 0.15) is 18.2 Å². The van der Waals surface area contributed by atoms with Crippen molar-refractivity contribution in [3.8, 4) is 11.3 Å². The third-order valence-corrected chi connectivity index (χ3v) is 5.59. The number of aromatic nitrogens is 2. The first-order chi connectivity index (χ1) is 13.2. The van der Waals surface area contributed by atoms with Crippen LogP contribution in [-0.2, 0) is 6.54 Å². The molecule has 2 aromatic carbocycles. The standard InChI is InChI=1S/C21H19ClN4S/c1-3-26-14(2)18(17-6-4-5-7-20(17)26)12-23-25-21-24-19(13-27-21)15-8-10-16(22)11-9-15/h4-13H,3H2,1-2H3,(H,24,25)/b23-12-. The lowest BCUT2D eigenvalue weighted by Crippen LogP contribution is -1.97. The molecule has 136 valence electrons. The molecule has 0 radical (unpaired) electrons.